The Morgan fingerprint density at radius 1 is 1.03 bits per heavy atom. The van der Waals surface area contributed by atoms with Crippen molar-refractivity contribution in [1.82, 2.24) is 10.2 Å². The summed E-state index contributed by atoms with van der Waals surface area (Å²) >= 11 is 0. The molecule has 0 saturated carbocycles. The molecule has 2 aliphatic heterocycles. The molecule has 2 aromatic rings. The number of piperidine rings is 2. The molecule has 4 rings (SSSR count). The molecule has 2 fully saturated rings. The van der Waals surface area contributed by atoms with Crippen molar-refractivity contribution in [3.63, 3.8) is 0 Å². The quantitative estimate of drug-likeness (QED) is 0.804. The zero-order chi connectivity index (χ0) is 20.2. The summed E-state index contributed by atoms with van der Waals surface area (Å²) in [5, 5.41) is 3.28. The molecule has 0 spiro atoms. The van der Waals surface area contributed by atoms with E-state index in [0.717, 1.165) is 25.1 Å². The highest BCUT2D eigenvalue weighted by atomic mass is 16.5. The van der Waals surface area contributed by atoms with Crippen LogP contribution in [-0.4, -0.2) is 43.2 Å². The summed E-state index contributed by atoms with van der Waals surface area (Å²) in [6.07, 6.45) is 5.66. The van der Waals surface area contributed by atoms with Gasteiger partial charge < -0.3 is 14.8 Å². The molecule has 1 N–H and O–H groups in total. The number of hydrogen-bond donors (Lipinski definition) is 1. The third-order valence-corrected chi connectivity index (χ3v) is 6.34. The van der Waals surface area contributed by atoms with E-state index in [4.69, 9.17) is 9.47 Å². The van der Waals surface area contributed by atoms with Gasteiger partial charge in [-0.15, -0.1) is 0 Å². The van der Waals surface area contributed by atoms with Crippen molar-refractivity contribution in [1.29, 1.82) is 0 Å². The van der Waals surface area contributed by atoms with Crippen LogP contribution in [0, 0.1) is 0 Å². The molecule has 2 atom stereocenters. The standard InChI is InChI=1S/C24H30N2O3/c1-28-22-11-5-8-17(13-22)24(27)25-19-14-20-9-6-10-21(15-19)26(20)16-18-7-3-4-12-23(18)29-2/h3-5,7-8,11-13,19-21H,6,9-10,14-16H2,1-2H3,(H,25,27). The normalized spacial score (nSPS) is 24.0. The largest absolute Gasteiger partial charge is 0.497 e. The van der Waals surface area contributed by atoms with Crippen LogP contribution in [0.15, 0.2) is 48.5 Å². The predicted octanol–water partition coefficient (Wildman–Crippen LogP) is 4.02. The van der Waals surface area contributed by atoms with E-state index in [1.54, 1.807) is 20.3 Å². The lowest BCUT2D eigenvalue weighted by Gasteiger charge is -2.49. The lowest BCUT2D eigenvalue weighted by atomic mass is 9.81. The number of carbonyl (C=O) groups is 1. The summed E-state index contributed by atoms with van der Waals surface area (Å²) in [5.41, 5.74) is 1.90. The highest BCUT2D eigenvalue weighted by Gasteiger charge is 2.38. The minimum Gasteiger partial charge on any atom is -0.497 e. The molecule has 29 heavy (non-hydrogen) atoms. The Bertz CT molecular complexity index is 840. The van der Waals surface area contributed by atoms with Gasteiger partial charge in [-0.3, -0.25) is 9.69 Å². The molecule has 2 bridgehead atoms. The molecule has 2 unspecified atom stereocenters. The zero-order valence-corrected chi connectivity index (χ0v) is 17.3. The van der Waals surface area contributed by atoms with Gasteiger partial charge in [0.25, 0.3) is 5.91 Å². The summed E-state index contributed by atoms with van der Waals surface area (Å²) in [6.45, 7) is 0.913. The number of carbonyl (C=O) groups excluding carboxylic acids is 1. The maximum absolute atomic E-state index is 12.8. The molecule has 5 heteroatoms. The SMILES string of the molecule is COc1cccc(C(=O)NC2CC3CCCC(C2)N3Cc2ccccc2OC)c1. The van der Waals surface area contributed by atoms with Crippen LogP contribution in [0.1, 0.15) is 48.0 Å². The minimum absolute atomic E-state index is 0.00912. The maximum atomic E-state index is 12.8. The van der Waals surface area contributed by atoms with Gasteiger partial charge in [0.1, 0.15) is 11.5 Å². The molecule has 0 radical (unpaired) electrons. The van der Waals surface area contributed by atoms with Crippen molar-refractivity contribution in [2.45, 2.75) is 56.8 Å². The second kappa shape index (κ2) is 8.87. The number of nitrogens with zero attached hydrogens (tertiary/aromatic N) is 1. The number of para-hydroxylation sites is 1. The Balaban J connectivity index is 1.43. The second-order valence-electron chi connectivity index (χ2n) is 8.10. The fourth-order valence-electron chi connectivity index (χ4n) is 4.92. The first-order valence-corrected chi connectivity index (χ1v) is 10.5. The zero-order valence-electron chi connectivity index (χ0n) is 17.3. The van der Waals surface area contributed by atoms with Crippen molar-refractivity contribution in [2.24, 2.45) is 0 Å². The number of benzene rings is 2. The fraction of sp³-hybridized carbons (Fsp3) is 0.458. The molecule has 2 heterocycles. The number of fused-ring (bicyclic) bond motifs is 2. The van der Waals surface area contributed by atoms with Crippen molar-refractivity contribution < 1.29 is 14.3 Å². The highest BCUT2D eigenvalue weighted by molar-refractivity contribution is 5.94. The van der Waals surface area contributed by atoms with E-state index in [2.05, 4.69) is 22.3 Å². The smallest absolute Gasteiger partial charge is 0.251 e. The third kappa shape index (κ3) is 4.40. The van der Waals surface area contributed by atoms with Crippen molar-refractivity contribution in [3.8, 4) is 11.5 Å². The average molecular weight is 395 g/mol. The Labute approximate surface area is 173 Å². The molecule has 1 amide bonds. The lowest BCUT2D eigenvalue weighted by molar-refractivity contribution is 0.0172. The highest BCUT2D eigenvalue weighted by Crippen LogP contribution is 2.36. The number of amides is 1. The Morgan fingerprint density at radius 3 is 2.52 bits per heavy atom. The number of methoxy groups -OCH3 is 2. The van der Waals surface area contributed by atoms with Crippen LogP contribution in [-0.2, 0) is 6.54 Å². The molecule has 154 valence electrons. The first-order valence-electron chi connectivity index (χ1n) is 10.5. The van der Waals surface area contributed by atoms with Gasteiger partial charge in [0.05, 0.1) is 14.2 Å². The molecular formula is C24H30N2O3. The second-order valence-corrected chi connectivity index (χ2v) is 8.10. The lowest BCUT2D eigenvalue weighted by Crippen LogP contribution is -2.56. The molecule has 0 aromatic heterocycles. The van der Waals surface area contributed by atoms with Gasteiger partial charge in [0.2, 0.25) is 0 Å². The van der Waals surface area contributed by atoms with E-state index in [9.17, 15) is 4.79 Å². The maximum Gasteiger partial charge on any atom is 0.251 e. The Kier molecular flexibility index (Phi) is 6.05. The van der Waals surface area contributed by atoms with E-state index in [-0.39, 0.29) is 11.9 Å². The summed E-state index contributed by atoms with van der Waals surface area (Å²) < 4.78 is 10.8. The van der Waals surface area contributed by atoms with E-state index < -0.39 is 0 Å². The van der Waals surface area contributed by atoms with Crippen LogP contribution < -0.4 is 14.8 Å². The summed E-state index contributed by atoms with van der Waals surface area (Å²) in [5.74, 6) is 1.66. The first kappa shape index (κ1) is 19.8. The van der Waals surface area contributed by atoms with Crippen LogP contribution in [0.2, 0.25) is 0 Å². The third-order valence-electron chi connectivity index (χ3n) is 6.34. The topological polar surface area (TPSA) is 50.8 Å². The first-order chi connectivity index (χ1) is 14.2. The van der Waals surface area contributed by atoms with Crippen LogP contribution in [0.5, 0.6) is 11.5 Å². The van der Waals surface area contributed by atoms with Gasteiger partial charge in [-0.2, -0.15) is 0 Å². The number of nitrogens with one attached hydrogen (secondary N) is 1. The molecular weight excluding hydrogens is 364 g/mol. The van der Waals surface area contributed by atoms with Crippen molar-refractivity contribution in [3.05, 3.63) is 59.7 Å². The average Bonchev–Trinajstić information content (AvgIpc) is 2.74. The van der Waals surface area contributed by atoms with E-state index >= 15 is 0 Å². The molecule has 5 nitrogen and oxygen atoms in total. The van der Waals surface area contributed by atoms with E-state index in [1.165, 1.54) is 24.8 Å². The molecule has 2 aromatic carbocycles. The Morgan fingerprint density at radius 2 is 1.79 bits per heavy atom. The Hall–Kier alpha value is -2.53. The summed E-state index contributed by atoms with van der Waals surface area (Å²) in [4.78, 5) is 15.4. The minimum atomic E-state index is -0.00912. The van der Waals surface area contributed by atoms with Gasteiger partial charge in [-0.25, -0.2) is 0 Å². The predicted molar refractivity (Wildman–Crippen MR) is 113 cm³/mol. The van der Waals surface area contributed by atoms with Gasteiger partial charge in [-0.05, 0) is 49.9 Å². The van der Waals surface area contributed by atoms with Crippen LogP contribution >= 0.6 is 0 Å². The fourth-order valence-corrected chi connectivity index (χ4v) is 4.92. The molecule has 2 saturated heterocycles. The monoisotopic (exact) mass is 394 g/mol. The van der Waals surface area contributed by atoms with E-state index in [1.807, 2.05) is 30.3 Å². The van der Waals surface area contributed by atoms with Crippen molar-refractivity contribution in [2.75, 3.05) is 14.2 Å². The molecule has 0 aliphatic carbocycles. The summed E-state index contributed by atoms with van der Waals surface area (Å²) in [6, 6.07) is 16.9. The number of hydrogen-bond acceptors (Lipinski definition) is 4. The van der Waals surface area contributed by atoms with Gasteiger partial charge in [0.15, 0.2) is 0 Å². The van der Waals surface area contributed by atoms with Gasteiger partial charge in [0, 0.05) is 35.8 Å². The van der Waals surface area contributed by atoms with Crippen molar-refractivity contribution >= 4 is 5.91 Å². The number of ether oxygens (including phenoxy) is 2. The number of rotatable bonds is 6. The van der Waals surface area contributed by atoms with Gasteiger partial charge in [-0.1, -0.05) is 30.7 Å². The van der Waals surface area contributed by atoms with E-state index in [0.29, 0.717) is 23.4 Å². The van der Waals surface area contributed by atoms with Gasteiger partial charge >= 0.3 is 0 Å². The van der Waals surface area contributed by atoms with Crippen LogP contribution in [0.25, 0.3) is 0 Å². The van der Waals surface area contributed by atoms with Crippen LogP contribution in [0.4, 0.5) is 0 Å². The van der Waals surface area contributed by atoms with Crippen LogP contribution in [0.3, 0.4) is 0 Å². The summed E-state index contributed by atoms with van der Waals surface area (Å²) in [7, 11) is 3.36. The molecule has 2 aliphatic rings.